The molecular formula is C19H27FN4O2. The Hall–Kier alpha value is -2.41. The van der Waals surface area contributed by atoms with E-state index in [0.717, 1.165) is 19.5 Å². The van der Waals surface area contributed by atoms with Crippen LogP contribution >= 0.6 is 0 Å². The molecule has 0 bridgehead atoms. The number of hydrogen-bond donors (Lipinski definition) is 1. The van der Waals surface area contributed by atoms with E-state index in [9.17, 15) is 9.18 Å². The summed E-state index contributed by atoms with van der Waals surface area (Å²) >= 11 is 0. The van der Waals surface area contributed by atoms with Crippen molar-refractivity contribution in [2.24, 2.45) is 7.05 Å². The molecule has 0 atom stereocenters. The summed E-state index contributed by atoms with van der Waals surface area (Å²) in [5, 5.41) is 6.76. The number of nitrogens with zero attached hydrogens (tertiary/aromatic N) is 3. The fourth-order valence-corrected chi connectivity index (χ4v) is 2.56. The van der Waals surface area contributed by atoms with Gasteiger partial charge in [0.05, 0.1) is 12.8 Å². The highest BCUT2D eigenvalue weighted by molar-refractivity contribution is 5.91. The Bertz CT molecular complexity index is 726. The van der Waals surface area contributed by atoms with Crippen molar-refractivity contribution in [1.29, 1.82) is 0 Å². The average Bonchev–Trinajstić information content (AvgIpc) is 2.97. The minimum atomic E-state index is -0.429. The van der Waals surface area contributed by atoms with E-state index >= 15 is 0 Å². The van der Waals surface area contributed by atoms with Crippen molar-refractivity contribution < 1.29 is 13.9 Å². The van der Waals surface area contributed by atoms with Gasteiger partial charge in [-0.25, -0.2) is 4.39 Å². The largest absolute Gasteiger partial charge is 0.493 e. The van der Waals surface area contributed by atoms with Gasteiger partial charge in [0, 0.05) is 31.3 Å². The van der Waals surface area contributed by atoms with Crippen LogP contribution in [0.3, 0.4) is 0 Å². The van der Waals surface area contributed by atoms with E-state index < -0.39 is 5.82 Å². The molecule has 0 aliphatic carbocycles. The lowest BCUT2D eigenvalue weighted by Gasteiger charge is -2.16. The Morgan fingerprint density at radius 3 is 2.77 bits per heavy atom. The highest BCUT2D eigenvalue weighted by Gasteiger charge is 2.17. The van der Waals surface area contributed by atoms with Crippen LogP contribution in [0.4, 0.5) is 10.1 Å². The maximum Gasteiger partial charge on any atom is 0.224 e. The standard InChI is InChI=1S/C19H27FN4O2/c1-5-18(25)22-14-8-9-17(26-11-7-10-23(3)6-2)15(12-14)19-16(20)13-21-24(19)4/h8-9,12-13H,5-7,10-11H2,1-4H3,(H,22,25). The van der Waals surface area contributed by atoms with Gasteiger partial charge in [-0.15, -0.1) is 0 Å². The first kappa shape index (κ1) is 19.9. The van der Waals surface area contributed by atoms with Crippen LogP contribution in [0.2, 0.25) is 0 Å². The molecule has 2 aromatic rings. The Labute approximate surface area is 153 Å². The molecular weight excluding hydrogens is 335 g/mol. The Kier molecular flexibility index (Phi) is 7.15. The zero-order valence-electron chi connectivity index (χ0n) is 15.9. The van der Waals surface area contributed by atoms with Crippen LogP contribution in [0.1, 0.15) is 26.7 Å². The second kappa shape index (κ2) is 9.33. The van der Waals surface area contributed by atoms with Gasteiger partial charge in [0.2, 0.25) is 5.91 Å². The maximum atomic E-state index is 14.2. The van der Waals surface area contributed by atoms with E-state index in [1.54, 1.807) is 32.2 Å². The third-order valence-electron chi connectivity index (χ3n) is 4.22. The summed E-state index contributed by atoms with van der Waals surface area (Å²) in [7, 11) is 3.73. The summed E-state index contributed by atoms with van der Waals surface area (Å²) in [5.41, 5.74) is 1.50. The predicted octanol–water partition coefficient (Wildman–Crippen LogP) is 3.30. The molecule has 0 fully saturated rings. The number of rotatable bonds is 9. The quantitative estimate of drug-likeness (QED) is 0.696. The van der Waals surface area contributed by atoms with Gasteiger partial charge in [-0.2, -0.15) is 5.10 Å². The van der Waals surface area contributed by atoms with Crippen molar-refractivity contribution in [2.75, 3.05) is 32.1 Å². The number of amides is 1. The molecule has 7 heteroatoms. The summed E-state index contributed by atoms with van der Waals surface area (Å²) in [4.78, 5) is 13.9. The van der Waals surface area contributed by atoms with Crippen LogP contribution in [-0.2, 0) is 11.8 Å². The topological polar surface area (TPSA) is 59.4 Å². The van der Waals surface area contributed by atoms with Crippen molar-refractivity contribution in [3.8, 4) is 17.0 Å². The van der Waals surface area contributed by atoms with Gasteiger partial charge < -0.3 is 15.0 Å². The predicted molar refractivity (Wildman–Crippen MR) is 101 cm³/mol. The first-order valence-electron chi connectivity index (χ1n) is 8.89. The lowest BCUT2D eigenvalue weighted by molar-refractivity contribution is -0.115. The maximum absolute atomic E-state index is 14.2. The van der Waals surface area contributed by atoms with Gasteiger partial charge in [-0.05, 0) is 38.2 Å². The van der Waals surface area contributed by atoms with Crippen LogP contribution in [0.25, 0.3) is 11.3 Å². The monoisotopic (exact) mass is 362 g/mol. The summed E-state index contributed by atoms with van der Waals surface area (Å²) in [6.45, 7) is 6.32. The first-order chi connectivity index (χ1) is 12.5. The number of benzene rings is 1. The molecule has 26 heavy (non-hydrogen) atoms. The second-order valence-electron chi connectivity index (χ2n) is 6.18. The molecule has 1 aromatic heterocycles. The van der Waals surface area contributed by atoms with Gasteiger partial charge in [0.25, 0.3) is 0 Å². The molecule has 0 radical (unpaired) electrons. The Morgan fingerprint density at radius 1 is 1.38 bits per heavy atom. The van der Waals surface area contributed by atoms with Crippen molar-refractivity contribution >= 4 is 11.6 Å². The molecule has 0 spiro atoms. The number of nitrogens with one attached hydrogen (secondary N) is 1. The number of hydrogen-bond acceptors (Lipinski definition) is 4. The van der Waals surface area contributed by atoms with E-state index in [1.165, 1.54) is 10.9 Å². The molecule has 142 valence electrons. The lowest BCUT2D eigenvalue weighted by atomic mass is 10.1. The van der Waals surface area contributed by atoms with E-state index in [4.69, 9.17) is 4.74 Å². The third-order valence-corrected chi connectivity index (χ3v) is 4.22. The fourth-order valence-electron chi connectivity index (χ4n) is 2.56. The summed E-state index contributed by atoms with van der Waals surface area (Å²) in [6, 6.07) is 5.25. The molecule has 6 nitrogen and oxygen atoms in total. The van der Waals surface area contributed by atoms with E-state index in [-0.39, 0.29) is 5.91 Å². The molecule has 2 rings (SSSR count). The number of ether oxygens (including phenoxy) is 1. The Morgan fingerprint density at radius 2 is 2.15 bits per heavy atom. The van der Waals surface area contributed by atoms with E-state index in [2.05, 4.69) is 29.3 Å². The van der Waals surface area contributed by atoms with Crippen LogP contribution in [0, 0.1) is 5.82 Å². The molecule has 0 aliphatic rings. The van der Waals surface area contributed by atoms with Crippen molar-refractivity contribution in [3.05, 3.63) is 30.2 Å². The SMILES string of the molecule is CCC(=O)Nc1ccc(OCCCN(C)CC)c(-c2c(F)cnn2C)c1. The molecule has 0 saturated heterocycles. The third kappa shape index (κ3) is 5.05. The molecule has 0 aliphatic heterocycles. The second-order valence-corrected chi connectivity index (χ2v) is 6.18. The molecule has 1 aromatic carbocycles. The van der Waals surface area contributed by atoms with E-state index in [0.29, 0.717) is 35.7 Å². The van der Waals surface area contributed by atoms with Gasteiger partial charge in [-0.1, -0.05) is 13.8 Å². The van der Waals surface area contributed by atoms with Crippen molar-refractivity contribution in [1.82, 2.24) is 14.7 Å². The van der Waals surface area contributed by atoms with Crippen LogP contribution in [-0.4, -0.2) is 47.3 Å². The van der Waals surface area contributed by atoms with E-state index in [1.807, 2.05) is 0 Å². The number of aromatic nitrogens is 2. The summed E-state index contributed by atoms with van der Waals surface area (Å²) in [5.74, 6) is 0.0425. The summed E-state index contributed by atoms with van der Waals surface area (Å²) in [6.07, 6.45) is 2.41. The highest BCUT2D eigenvalue weighted by atomic mass is 19.1. The highest BCUT2D eigenvalue weighted by Crippen LogP contribution is 2.34. The van der Waals surface area contributed by atoms with Crippen LogP contribution in [0.5, 0.6) is 5.75 Å². The number of halogens is 1. The number of aryl methyl sites for hydroxylation is 1. The van der Waals surface area contributed by atoms with Gasteiger partial charge in [0.15, 0.2) is 5.82 Å². The Balaban J connectivity index is 2.24. The minimum Gasteiger partial charge on any atom is -0.493 e. The molecule has 0 saturated carbocycles. The number of carbonyl (C=O) groups is 1. The molecule has 1 amide bonds. The first-order valence-corrected chi connectivity index (χ1v) is 8.89. The van der Waals surface area contributed by atoms with Gasteiger partial charge >= 0.3 is 0 Å². The lowest BCUT2D eigenvalue weighted by Crippen LogP contribution is -2.20. The van der Waals surface area contributed by atoms with Crippen LogP contribution < -0.4 is 10.1 Å². The number of carbonyl (C=O) groups excluding carboxylic acids is 1. The number of anilines is 1. The van der Waals surface area contributed by atoms with Gasteiger partial charge in [0.1, 0.15) is 11.4 Å². The van der Waals surface area contributed by atoms with Crippen LogP contribution in [0.15, 0.2) is 24.4 Å². The zero-order valence-corrected chi connectivity index (χ0v) is 15.9. The van der Waals surface area contributed by atoms with Gasteiger partial charge in [-0.3, -0.25) is 9.48 Å². The average molecular weight is 362 g/mol. The summed E-state index contributed by atoms with van der Waals surface area (Å²) < 4.78 is 21.6. The zero-order chi connectivity index (χ0) is 19.1. The smallest absolute Gasteiger partial charge is 0.224 e. The molecule has 1 heterocycles. The normalized spacial score (nSPS) is 11.0. The fraction of sp³-hybridized carbons (Fsp3) is 0.474. The molecule has 1 N–H and O–H groups in total. The van der Waals surface area contributed by atoms with Crippen molar-refractivity contribution in [3.63, 3.8) is 0 Å². The molecule has 0 unspecified atom stereocenters. The minimum absolute atomic E-state index is 0.0994. The van der Waals surface area contributed by atoms with Crippen molar-refractivity contribution in [2.45, 2.75) is 26.7 Å².